The van der Waals surface area contributed by atoms with Gasteiger partial charge >= 0.3 is 0 Å². The van der Waals surface area contributed by atoms with Crippen LogP contribution in [0.15, 0.2) is 47.6 Å². The number of nitrogens with zero attached hydrogens (tertiary/aromatic N) is 1. The first-order valence-corrected chi connectivity index (χ1v) is 8.15. The van der Waals surface area contributed by atoms with Gasteiger partial charge < -0.3 is 14.9 Å². The largest absolute Gasteiger partial charge is 0.383 e. The Morgan fingerprint density at radius 3 is 2.96 bits per heavy atom. The third kappa shape index (κ3) is 3.74. The van der Waals surface area contributed by atoms with Crippen LogP contribution >= 0.6 is 0 Å². The van der Waals surface area contributed by atoms with Gasteiger partial charge in [-0.1, -0.05) is 47.6 Å². The van der Waals surface area contributed by atoms with Crippen LogP contribution in [0.5, 0.6) is 0 Å². The Labute approximate surface area is 141 Å². The molecule has 1 amide bonds. The van der Waals surface area contributed by atoms with Crippen LogP contribution in [0.1, 0.15) is 18.9 Å². The minimum atomic E-state index is -0.547. The molecular weight excluding hydrogens is 304 g/mol. The van der Waals surface area contributed by atoms with Crippen molar-refractivity contribution in [2.24, 2.45) is 5.16 Å². The Hall–Kier alpha value is -2.40. The number of nitrogens with one attached hydrogen (secondary N) is 1. The van der Waals surface area contributed by atoms with Crippen molar-refractivity contribution in [3.05, 3.63) is 48.0 Å². The van der Waals surface area contributed by atoms with Gasteiger partial charge in [0.25, 0.3) is 5.91 Å². The molecule has 1 heterocycles. The highest BCUT2D eigenvalue weighted by Gasteiger charge is 2.29. The number of hydrogen-bond donors (Lipinski definition) is 1. The van der Waals surface area contributed by atoms with Crippen molar-refractivity contribution in [2.45, 2.75) is 31.9 Å². The molecule has 0 aromatic heterocycles. The zero-order valence-electron chi connectivity index (χ0n) is 14.0. The average Bonchev–Trinajstić information content (AvgIpc) is 3.04. The van der Waals surface area contributed by atoms with Gasteiger partial charge in [-0.05, 0) is 23.3 Å². The third-order valence-corrected chi connectivity index (χ3v) is 4.10. The number of methoxy groups -OCH3 is 1. The predicted molar refractivity (Wildman–Crippen MR) is 94.1 cm³/mol. The average molecular weight is 326 g/mol. The van der Waals surface area contributed by atoms with Crippen molar-refractivity contribution in [1.82, 2.24) is 5.32 Å². The first kappa shape index (κ1) is 16.5. The van der Waals surface area contributed by atoms with Crippen LogP contribution in [-0.2, 0) is 20.8 Å². The molecule has 1 aliphatic heterocycles. The van der Waals surface area contributed by atoms with E-state index in [0.29, 0.717) is 19.4 Å². The van der Waals surface area contributed by atoms with Gasteiger partial charge in [-0.25, -0.2) is 0 Å². The highest BCUT2D eigenvalue weighted by molar-refractivity contribution is 5.96. The Kier molecular flexibility index (Phi) is 5.11. The lowest BCUT2D eigenvalue weighted by Gasteiger charge is -2.15. The zero-order chi connectivity index (χ0) is 16.9. The molecule has 2 unspecified atom stereocenters. The summed E-state index contributed by atoms with van der Waals surface area (Å²) in [6.45, 7) is 2.37. The van der Waals surface area contributed by atoms with Crippen LogP contribution in [0, 0.1) is 0 Å². The first-order valence-electron chi connectivity index (χ1n) is 8.15. The first-order chi connectivity index (χ1) is 11.7. The molecule has 5 nitrogen and oxygen atoms in total. The second-order valence-electron chi connectivity index (χ2n) is 6.14. The highest BCUT2D eigenvalue weighted by atomic mass is 16.6. The Morgan fingerprint density at radius 1 is 1.33 bits per heavy atom. The summed E-state index contributed by atoms with van der Waals surface area (Å²) in [7, 11) is 1.61. The van der Waals surface area contributed by atoms with Crippen LogP contribution in [0.4, 0.5) is 0 Å². The van der Waals surface area contributed by atoms with E-state index < -0.39 is 6.10 Å². The number of rotatable bonds is 6. The Balaban J connectivity index is 1.62. The van der Waals surface area contributed by atoms with E-state index in [1.165, 1.54) is 16.3 Å². The van der Waals surface area contributed by atoms with E-state index in [9.17, 15) is 4.79 Å². The molecule has 126 valence electrons. The van der Waals surface area contributed by atoms with Crippen molar-refractivity contribution >= 4 is 22.4 Å². The van der Waals surface area contributed by atoms with Gasteiger partial charge in [-0.2, -0.15) is 0 Å². The molecule has 0 spiro atoms. The number of fused-ring (bicyclic) bond motifs is 1. The maximum absolute atomic E-state index is 12.2. The van der Waals surface area contributed by atoms with E-state index >= 15 is 0 Å². The monoisotopic (exact) mass is 326 g/mol. The highest BCUT2D eigenvalue weighted by Crippen LogP contribution is 2.22. The van der Waals surface area contributed by atoms with Gasteiger partial charge in [-0.15, -0.1) is 0 Å². The second kappa shape index (κ2) is 7.45. The number of amides is 1. The number of ether oxygens (including phenoxy) is 1. The molecule has 3 rings (SSSR count). The summed E-state index contributed by atoms with van der Waals surface area (Å²) >= 11 is 0. The molecule has 1 aliphatic rings. The second-order valence-corrected chi connectivity index (χ2v) is 6.14. The summed E-state index contributed by atoms with van der Waals surface area (Å²) in [6, 6.07) is 14.5. The molecule has 2 aromatic rings. The Bertz CT molecular complexity index is 752. The minimum absolute atomic E-state index is 0.0479. The smallest absolute Gasteiger partial charge is 0.264 e. The van der Waals surface area contributed by atoms with E-state index in [1.54, 1.807) is 7.11 Å². The van der Waals surface area contributed by atoms with Crippen LogP contribution in [0.25, 0.3) is 10.8 Å². The van der Waals surface area contributed by atoms with Crippen molar-refractivity contribution in [2.75, 3.05) is 13.7 Å². The van der Waals surface area contributed by atoms with Crippen molar-refractivity contribution in [3.63, 3.8) is 0 Å². The van der Waals surface area contributed by atoms with E-state index in [2.05, 4.69) is 34.7 Å². The molecule has 1 N–H and O–H groups in total. The fourth-order valence-corrected chi connectivity index (χ4v) is 2.97. The van der Waals surface area contributed by atoms with Crippen LogP contribution in [-0.4, -0.2) is 37.5 Å². The maximum atomic E-state index is 12.2. The summed E-state index contributed by atoms with van der Waals surface area (Å²) in [6.07, 6.45) is 0.669. The van der Waals surface area contributed by atoms with Crippen molar-refractivity contribution in [1.29, 1.82) is 0 Å². The van der Waals surface area contributed by atoms with Crippen LogP contribution in [0.2, 0.25) is 0 Å². The summed E-state index contributed by atoms with van der Waals surface area (Å²) in [4.78, 5) is 17.5. The van der Waals surface area contributed by atoms with Gasteiger partial charge in [0.15, 0.2) is 0 Å². The van der Waals surface area contributed by atoms with E-state index in [1.807, 2.05) is 25.1 Å². The quantitative estimate of drug-likeness (QED) is 0.888. The molecule has 0 radical (unpaired) electrons. The summed E-state index contributed by atoms with van der Waals surface area (Å²) < 4.78 is 5.02. The minimum Gasteiger partial charge on any atom is -0.383 e. The van der Waals surface area contributed by atoms with Crippen molar-refractivity contribution < 1.29 is 14.4 Å². The summed E-state index contributed by atoms with van der Waals surface area (Å²) in [5.74, 6) is -0.142. The van der Waals surface area contributed by atoms with Crippen molar-refractivity contribution in [3.8, 4) is 0 Å². The topological polar surface area (TPSA) is 59.9 Å². The number of hydrogen-bond acceptors (Lipinski definition) is 4. The molecule has 0 saturated heterocycles. The number of benzene rings is 2. The van der Waals surface area contributed by atoms with Gasteiger partial charge in [0, 0.05) is 26.0 Å². The molecule has 0 bridgehead atoms. The normalized spacial score (nSPS) is 18.1. The standard InChI is InChI=1S/C19H22N2O3/c1-13(12-23-2)20-19(22)18-11-16(21-24-18)10-15-8-5-7-14-6-3-4-9-17(14)15/h3-9,13,18H,10-12H2,1-2H3,(H,20,22). The van der Waals surface area contributed by atoms with Gasteiger partial charge in [0.2, 0.25) is 6.10 Å². The molecule has 24 heavy (non-hydrogen) atoms. The molecule has 0 saturated carbocycles. The molecule has 2 atom stereocenters. The van der Waals surface area contributed by atoms with E-state index in [0.717, 1.165) is 5.71 Å². The third-order valence-electron chi connectivity index (χ3n) is 4.10. The maximum Gasteiger partial charge on any atom is 0.264 e. The fraction of sp³-hybridized carbons (Fsp3) is 0.368. The number of carbonyl (C=O) groups excluding carboxylic acids is 1. The number of oxime groups is 1. The van der Waals surface area contributed by atoms with Gasteiger partial charge in [-0.3, -0.25) is 4.79 Å². The molecular formula is C19H22N2O3. The molecule has 0 aliphatic carbocycles. The lowest BCUT2D eigenvalue weighted by Crippen LogP contribution is -2.42. The van der Waals surface area contributed by atoms with Gasteiger partial charge in [0.05, 0.1) is 12.3 Å². The molecule has 5 heteroatoms. The fourth-order valence-electron chi connectivity index (χ4n) is 2.97. The lowest BCUT2D eigenvalue weighted by atomic mass is 9.98. The summed E-state index contributed by atoms with van der Waals surface area (Å²) in [5, 5.41) is 9.41. The van der Waals surface area contributed by atoms with Gasteiger partial charge in [0.1, 0.15) is 0 Å². The number of carbonyl (C=O) groups is 1. The van der Waals surface area contributed by atoms with Crippen LogP contribution < -0.4 is 5.32 Å². The lowest BCUT2D eigenvalue weighted by molar-refractivity contribution is -0.132. The Morgan fingerprint density at radius 2 is 2.12 bits per heavy atom. The van der Waals surface area contributed by atoms with Crippen LogP contribution in [0.3, 0.4) is 0 Å². The molecule has 2 aromatic carbocycles. The van der Waals surface area contributed by atoms with E-state index in [-0.39, 0.29) is 11.9 Å². The SMILES string of the molecule is COCC(C)NC(=O)C1CC(Cc2cccc3ccccc23)=NO1. The zero-order valence-corrected chi connectivity index (χ0v) is 14.0. The summed E-state index contributed by atoms with van der Waals surface area (Å²) in [5.41, 5.74) is 2.09. The van der Waals surface area contributed by atoms with E-state index in [4.69, 9.17) is 9.57 Å². The molecule has 0 fully saturated rings. The predicted octanol–water partition coefficient (Wildman–Crippen LogP) is 2.68.